The van der Waals surface area contributed by atoms with E-state index in [-0.39, 0.29) is 11.6 Å². The molecule has 2 nitrogen and oxygen atoms in total. The molecule has 1 aromatic carbocycles. The zero-order chi connectivity index (χ0) is 12.3. The van der Waals surface area contributed by atoms with Crippen LogP contribution in [0.1, 0.15) is 17.6 Å². The highest BCUT2D eigenvalue weighted by atomic mass is 79.9. The van der Waals surface area contributed by atoms with Gasteiger partial charge in [-0.2, -0.15) is 0 Å². The molecule has 2 rings (SSSR count). The Bertz CT molecular complexity index is 515. The second-order valence-corrected chi connectivity index (χ2v) is 5.31. The highest BCUT2D eigenvalue weighted by Crippen LogP contribution is 2.23. The molecule has 0 spiro atoms. The number of nitrogens with zero attached hydrogens (tertiary/aromatic N) is 1. The lowest BCUT2D eigenvalue weighted by molar-refractivity contribution is 0.286. The predicted molar refractivity (Wildman–Crippen MR) is 69.9 cm³/mol. The molecular formula is C12H11BrFNOS. The van der Waals surface area contributed by atoms with E-state index in [2.05, 4.69) is 27.8 Å². The highest BCUT2D eigenvalue weighted by Gasteiger charge is 2.06. The van der Waals surface area contributed by atoms with Crippen molar-refractivity contribution in [2.24, 2.45) is 0 Å². The van der Waals surface area contributed by atoms with Gasteiger partial charge in [0.1, 0.15) is 6.61 Å². The van der Waals surface area contributed by atoms with Gasteiger partial charge in [-0.25, -0.2) is 9.37 Å². The summed E-state index contributed by atoms with van der Waals surface area (Å²) in [5.41, 5.74) is 0.839. The summed E-state index contributed by atoms with van der Waals surface area (Å²) in [6, 6.07) is 4.63. The average molecular weight is 316 g/mol. The van der Waals surface area contributed by atoms with Gasteiger partial charge in [0.15, 0.2) is 11.6 Å². The van der Waals surface area contributed by atoms with Crippen LogP contribution in [0.3, 0.4) is 0 Å². The number of hydrogen-bond acceptors (Lipinski definition) is 3. The van der Waals surface area contributed by atoms with E-state index >= 15 is 0 Å². The molecule has 0 N–H and O–H groups in total. The number of hydrogen-bond donors (Lipinski definition) is 0. The first-order valence-electron chi connectivity index (χ1n) is 5.20. The van der Waals surface area contributed by atoms with Crippen LogP contribution in [0.15, 0.2) is 28.1 Å². The maximum Gasteiger partial charge on any atom is 0.165 e. The molecule has 90 valence electrons. The van der Waals surface area contributed by atoms with Gasteiger partial charge in [0.2, 0.25) is 0 Å². The highest BCUT2D eigenvalue weighted by molar-refractivity contribution is 9.10. The summed E-state index contributed by atoms with van der Waals surface area (Å²) in [6.45, 7) is 2.35. The number of rotatable bonds is 4. The number of ether oxygens (including phenoxy) is 1. The van der Waals surface area contributed by atoms with Crippen molar-refractivity contribution in [2.75, 3.05) is 0 Å². The van der Waals surface area contributed by atoms with Crippen molar-refractivity contribution in [3.05, 3.63) is 44.6 Å². The number of thiazole rings is 1. The normalized spacial score (nSPS) is 10.5. The standard InChI is InChI=1S/C12H11BrFNOS/c1-2-12-15-9(7-17-12)6-16-11-5-8(13)3-4-10(11)14/h3-5,7H,2,6H2,1H3. The maximum atomic E-state index is 13.4. The Morgan fingerprint density at radius 1 is 1.47 bits per heavy atom. The van der Waals surface area contributed by atoms with Crippen LogP contribution in [-0.4, -0.2) is 4.98 Å². The largest absolute Gasteiger partial charge is 0.484 e. The number of halogens is 2. The van der Waals surface area contributed by atoms with Crippen molar-refractivity contribution in [3.63, 3.8) is 0 Å². The lowest BCUT2D eigenvalue weighted by Gasteiger charge is -2.05. The summed E-state index contributed by atoms with van der Waals surface area (Å²) in [4.78, 5) is 4.36. The van der Waals surface area contributed by atoms with Crippen LogP contribution in [0.4, 0.5) is 4.39 Å². The fraction of sp³-hybridized carbons (Fsp3) is 0.250. The summed E-state index contributed by atoms with van der Waals surface area (Å²) in [6.07, 6.45) is 0.913. The van der Waals surface area contributed by atoms with Gasteiger partial charge < -0.3 is 4.74 Å². The Morgan fingerprint density at radius 2 is 2.29 bits per heavy atom. The zero-order valence-electron chi connectivity index (χ0n) is 9.24. The van der Waals surface area contributed by atoms with Crippen molar-refractivity contribution < 1.29 is 9.13 Å². The SMILES string of the molecule is CCc1nc(COc2cc(Br)ccc2F)cs1. The van der Waals surface area contributed by atoms with Gasteiger partial charge in [-0.05, 0) is 24.6 Å². The van der Waals surface area contributed by atoms with E-state index in [9.17, 15) is 4.39 Å². The molecule has 0 amide bonds. The third kappa shape index (κ3) is 3.26. The number of aromatic nitrogens is 1. The number of benzene rings is 1. The average Bonchev–Trinajstić information content (AvgIpc) is 2.78. The van der Waals surface area contributed by atoms with E-state index in [1.54, 1.807) is 23.5 Å². The third-order valence-corrected chi connectivity index (χ3v) is 3.71. The van der Waals surface area contributed by atoms with Crippen LogP contribution >= 0.6 is 27.3 Å². The van der Waals surface area contributed by atoms with Gasteiger partial charge >= 0.3 is 0 Å². The fourth-order valence-corrected chi connectivity index (χ4v) is 2.39. The second kappa shape index (κ2) is 5.60. The Morgan fingerprint density at radius 3 is 3.00 bits per heavy atom. The van der Waals surface area contributed by atoms with Crippen LogP contribution in [0.5, 0.6) is 5.75 Å². The molecule has 1 heterocycles. The summed E-state index contributed by atoms with van der Waals surface area (Å²) >= 11 is 4.88. The smallest absolute Gasteiger partial charge is 0.165 e. The molecule has 0 aliphatic carbocycles. The first kappa shape index (κ1) is 12.5. The maximum absolute atomic E-state index is 13.4. The summed E-state index contributed by atoms with van der Waals surface area (Å²) in [5, 5.41) is 3.01. The van der Waals surface area contributed by atoms with E-state index in [0.717, 1.165) is 21.6 Å². The van der Waals surface area contributed by atoms with E-state index < -0.39 is 0 Å². The minimum Gasteiger partial charge on any atom is -0.484 e. The van der Waals surface area contributed by atoms with Gasteiger partial charge in [-0.3, -0.25) is 0 Å². The molecule has 1 aromatic heterocycles. The topological polar surface area (TPSA) is 22.1 Å². The molecule has 0 unspecified atom stereocenters. The lowest BCUT2D eigenvalue weighted by atomic mass is 10.3. The van der Waals surface area contributed by atoms with Crippen LogP contribution in [0.2, 0.25) is 0 Å². The van der Waals surface area contributed by atoms with Crippen molar-refractivity contribution >= 4 is 27.3 Å². The van der Waals surface area contributed by atoms with Gasteiger partial charge in [-0.15, -0.1) is 11.3 Å². The van der Waals surface area contributed by atoms with E-state index in [1.807, 2.05) is 5.38 Å². The summed E-state index contributed by atoms with van der Waals surface area (Å²) < 4.78 is 19.6. The molecule has 17 heavy (non-hydrogen) atoms. The first-order valence-corrected chi connectivity index (χ1v) is 6.87. The molecule has 0 radical (unpaired) electrons. The molecule has 0 aliphatic heterocycles. The molecule has 0 aliphatic rings. The Hall–Kier alpha value is -0.940. The van der Waals surface area contributed by atoms with E-state index in [1.165, 1.54) is 6.07 Å². The lowest BCUT2D eigenvalue weighted by Crippen LogP contribution is -1.98. The summed E-state index contributed by atoms with van der Waals surface area (Å²) in [7, 11) is 0. The van der Waals surface area contributed by atoms with Crippen molar-refractivity contribution in [2.45, 2.75) is 20.0 Å². The zero-order valence-corrected chi connectivity index (χ0v) is 11.6. The van der Waals surface area contributed by atoms with Gasteiger partial charge in [0, 0.05) is 9.85 Å². The molecule has 0 atom stereocenters. The molecular weight excluding hydrogens is 305 g/mol. The minimum absolute atomic E-state index is 0.241. The predicted octanol–water partition coefficient (Wildman–Crippen LogP) is 4.19. The molecule has 0 bridgehead atoms. The molecule has 5 heteroatoms. The van der Waals surface area contributed by atoms with Crippen LogP contribution in [0.25, 0.3) is 0 Å². The van der Waals surface area contributed by atoms with Gasteiger partial charge in [0.25, 0.3) is 0 Å². The molecule has 2 aromatic rings. The third-order valence-electron chi connectivity index (χ3n) is 2.17. The van der Waals surface area contributed by atoms with Crippen molar-refractivity contribution in [1.29, 1.82) is 0 Å². The Balaban J connectivity index is 2.04. The molecule has 0 fully saturated rings. The van der Waals surface area contributed by atoms with Crippen molar-refractivity contribution in [3.8, 4) is 5.75 Å². The van der Waals surface area contributed by atoms with Gasteiger partial charge in [0.05, 0.1) is 10.7 Å². The Kier molecular flexibility index (Phi) is 4.12. The van der Waals surface area contributed by atoms with E-state index in [0.29, 0.717) is 6.61 Å². The molecule has 0 saturated heterocycles. The van der Waals surface area contributed by atoms with Crippen LogP contribution in [0, 0.1) is 5.82 Å². The first-order chi connectivity index (χ1) is 8.19. The minimum atomic E-state index is -0.362. The van der Waals surface area contributed by atoms with Gasteiger partial charge in [-0.1, -0.05) is 22.9 Å². The van der Waals surface area contributed by atoms with Crippen LogP contribution in [-0.2, 0) is 13.0 Å². The fourth-order valence-electron chi connectivity index (χ4n) is 1.32. The quantitative estimate of drug-likeness (QED) is 0.844. The second-order valence-electron chi connectivity index (χ2n) is 3.45. The van der Waals surface area contributed by atoms with Crippen molar-refractivity contribution in [1.82, 2.24) is 4.98 Å². The Labute approximate surface area is 112 Å². The van der Waals surface area contributed by atoms with Crippen LogP contribution < -0.4 is 4.74 Å². The molecule has 0 saturated carbocycles. The monoisotopic (exact) mass is 315 g/mol. The summed E-state index contributed by atoms with van der Waals surface area (Å²) in [5.74, 6) is -0.121. The number of aryl methyl sites for hydroxylation is 1. The van der Waals surface area contributed by atoms with E-state index in [4.69, 9.17) is 4.74 Å².